The van der Waals surface area contributed by atoms with Crippen LogP contribution in [-0.4, -0.2) is 21.6 Å². The minimum absolute atomic E-state index is 0.0190. The fraction of sp³-hybridized carbons (Fsp3) is 0.333. The predicted octanol–water partition coefficient (Wildman–Crippen LogP) is 3.44. The Morgan fingerprint density at radius 1 is 1.35 bits per heavy atom. The smallest absolute Gasteiger partial charge is 0.381 e. The fourth-order valence-electron chi connectivity index (χ4n) is 5.12. The first kappa shape index (κ1) is 22.6. The number of hydrogen-bond donors (Lipinski definition) is 1. The first-order chi connectivity index (χ1) is 16.4. The summed E-state index contributed by atoms with van der Waals surface area (Å²) in [7, 11) is 1.52. The summed E-state index contributed by atoms with van der Waals surface area (Å²) in [4.78, 5) is 14.2. The molecule has 0 saturated carbocycles. The third kappa shape index (κ3) is 3.44. The van der Waals surface area contributed by atoms with Gasteiger partial charge in [-0.05, 0) is 58.4 Å². The summed E-state index contributed by atoms with van der Waals surface area (Å²) < 4.78 is 7.06. The molecule has 4 rings (SSSR count). The van der Waals surface area contributed by atoms with Crippen LogP contribution in [-0.2, 0) is 6.54 Å². The van der Waals surface area contributed by atoms with Gasteiger partial charge in [-0.25, -0.2) is 0 Å². The molecule has 1 heterocycles. The summed E-state index contributed by atoms with van der Waals surface area (Å²) in [5.41, 5.74) is 7.00. The number of nitrogens with two attached hydrogens (primary N) is 1. The van der Waals surface area contributed by atoms with E-state index in [-0.39, 0.29) is 29.6 Å². The van der Waals surface area contributed by atoms with Crippen molar-refractivity contribution in [2.24, 2.45) is 17.1 Å². The normalized spacial score (nSPS) is 20.8. The van der Waals surface area contributed by atoms with Gasteiger partial charge in [0.05, 0.1) is 43.1 Å². The zero-order chi connectivity index (χ0) is 24.5. The SMILES string of the molecule is COc1ccc(C2C3CCCC=C3C(N)=C(C#N)C2(C#N)C#N)cc1Cn1cnc([N+](=O)[O-])c1. The van der Waals surface area contributed by atoms with Gasteiger partial charge < -0.3 is 25.2 Å². The number of nitrogens with zero attached hydrogens (tertiary/aromatic N) is 6. The van der Waals surface area contributed by atoms with Crippen molar-refractivity contribution in [3.8, 4) is 24.0 Å². The van der Waals surface area contributed by atoms with E-state index in [2.05, 4.69) is 17.1 Å². The summed E-state index contributed by atoms with van der Waals surface area (Å²) in [6, 6.07) is 11.7. The number of fused-ring (bicyclic) bond motifs is 1. The van der Waals surface area contributed by atoms with Gasteiger partial charge in [0.15, 0.2) is 5.41 Å². The Bertz CT molecular complexity index is 1340. The summed E-state index contributed by atoms with van der Waals surface area (Å²) in [6.45, 7) is 0.229. The van der Waals surface area contributed by atoms with E-state index in [4.69, 9.17) is 10.5 Å². The van der Waals surface area contributed by atoms with Gasteiger partial charge in [0.25, 0.3) is 0 Å². The number of rotatable bonds is 5. The molecule has 1 aromatic heterocycles. The molecule has 2 unspecified atom stereocenters. The molecule has 2 aliphatic carbocycles. The Balaban J connectivity index is 1.87. The number of ether oxygens (including phenoxy) is 1. The van der Waals surface area contributed by atoms with Gasteiger partial charge in [-0.1, -0.05) is 12.1 Å². The summed E-state index contributed by atoms with van der Waals surface area (Å²) in [5.74, 6) is -0.532. The van der Waals surface area contributed by atoms with Crippen molar-refractivity contribution in [3.63, 3.8) is 0 Å². The van der Waals surface area contributed by atoms with E-state index in [1.54, 1.807) is 16.7 Å². The Morgan fingerprint density at radius 2 is 2.12 bits per heavy atom. The van der Waals surface area contributed by atoms with E-state index >= 15 is 0 Å². The van der Waals surface area contributed by atoms with Crippen LogP contribution in [0.1, 0.15) is 36.3 Å². The highest BCUT2D eigenvalue weighted by molar-refractivity contribution is 5.59. The van der Waals surface area contributed by atoms with Crippen molar-refractivity contribution in [3.05, 3.63) is 74.9 Å². The number of allylic oxidation sites excluding steroid dienone is 3. The number of imidazole rings is 1. The lowest BCUT2D eigenvalue weighted by Crippen LogP contribution is -2.41. The number of nitriles is 3. The second-order valence-corrected chi connectivity index (χ2v) is 8.34. The van der Waals surface area contributed by atoms with Crippen molar-refractivity contribution >= 4 is 5.82 Å². The molecule has 170 valence electrons. The Morgan fingerprint density at radius 3 is 2.74 bits per heavy atom. The van der Waals surface area contributed by atoms with E-state index in [9.17, 15) is 25.9 Å². The highest BCUT2D eigenvalue weighted by atomic mass is 16.6. The monoisotopic (exact) mass is 455 g/mol. The highest BCUT2D eigenvalue weighted by Gasteiger charge is 2.54. The van der Waals surface area contributed by atoms with Crippen LogP contribution in [0.4, 0.5) is 5.82 Å². The molecule has 0 bridgehead atoms. The van der Waals surface area contributed by atoms with Crippen LogP contribution in [0.2, 0.25) is 0 Å². The quantitative estimate of drug-likeness (QED) is 0.528. The summed E-state index contributed by atoms with van der Waals surface area (Å²) in [5, 5.41) is 41.3. The molecule has 0 spiro atoms. The molecular weight excluding hydrogens is 434 g/mol. The highest BCUT2D eigenvalue weighted by Crippen LogP contribution is 2.56. The molecule has 0 radical (unpaired) electrons. The van der Waals surface area contributed by atoms with E-state index in [1.165, 1.54) is 19.6 Å². The lowest BCUT2D eigenvalue weighted by Gasteiger charge is -2.43. The van der Waals surface area contributed by atoms with E-state index in [0.717, 1.165) is 24.8 Å². The van der Waals surface area contributed by atoms with Crippen LogP contribution in [0.3, 0.4) is 0 Å². The van der Waals surface area contributed by atoms with Crippen LogP contribution >= 0.6 is 0 Å². The molecule has 10 heteroatoms. The fourth-order valence-corrected chi connectivity index (χ4v) is 5.12. The molecule has 2 atom stereocenters. The second kappa shape index (κ2) is 8.73. The largest absolute Gasteiger partial charge is 0.496 e. The number of nitro groups is 1. The number of hydrogen-bond acceptors (Lipinski definition) is 8. The van der Waals surface area contributed by atoms with Crippen LogP contribution in [0.5, 0.6) is 5.75 Å². The molecule has 2 N–H and O–H groups in total. The van der Waals surface area contributed by atoms with Crippen LogP contribution in [0, 0.1) is 55.4 Å². The van der Waals surface area contributed by atoms with E-state index in [0.29, 0.717) is 16.9 Å². The molecule has 0 fully saturated rings. The van der Waals surface area contributed by atoms with Gasteiger partial charge in [0, 0.05) is 11.5 Å². The summed E-state index contributed by atoms with van der Waals surface area (Å²) in [6.07, 6.45) is 7.11. The van der Waals surface area contributed by atoms with Gasteiger partial charge in [0.2, 0.25) is 6.33 Å². The maximum absolute atomic E-state index is 11.0. The van der Waals surface area contributed by atoms with E-state index in [1.807, 2.05) is 18.2 Å². The van der Waals surface area contributed by atoms with Crippen molar-refractivity contribution in [1.82, 2.24) is 9.55 Å². The molecule has 0 aliphatic heterocycles. The van der Waals surface area contributed by atoms with Crippen LogP contribution in [0.15, 0.2) is 53.6 Å². The molecule has 34 heavy (non-hydrogen) atoms. The van der Waals surface area contributed by atoms with Crippen molar-refractivity contribution in [1.29, 1.82) is 15.8 Å². The lowest BCUT2D eigenvalue weighted by molar-refractivity contribution is -0.389. The van der Waals surface area contributed by atoms with E-state index < -0.39 is 16.3 Å². The molecular formula is C24H21N7O3. The Labute approximate surface area is 195 Å². The van der Waals surface area contributed by atoms with Crippen molar-refractivity contribution in [2.75, 3.05) is 7.11 Å². The zero-order valence-corrected chi connectivity index (χ0v) is 18.4. The Kier molecular flexibility index (Phi) is 5.79. The predicted molar refractivity (Wildman–Crippen MR) is 120 cm³/mol. The van der Waals surface area contributed by atoms with Gasteiger partial charge in [-0.2, -0.15) is 15.8 Å². The van der Waals surface area contributed by atoms with Gasteiger partial charge >= 0.3 is 5.82 Å². The molecule has 1 aromatic carbocycles. The second-order valence-electron chi connectivity index (χ2n) is 8.34. The lowest BCUT2D eigenvalue weighted by atomic mass is 9.56. The minimum atomic E-state index is -1.74. The maximum atomic E-state index is 11.0. The van der Waals surface area contributed by atoms with Gasteiger partial charge in [0.1, 0.15) is 11.9 Å². The minimum Gasteiger partial charge on any atom is -0.496 e. The first-order valence-electron chi connectivity index (χ1n) is 10.7. The van der Waals surface area contributed by atoms with Gasteiger partial charge in [-0.15, -0.1) is 0 Å². The van der Waals surface area contributed by atoms with Gasteiger partial charge in [-0.3, -0.25) is 0 Å². The van der Waals surface area contributed by atoms with Crippen molar-refractivity contribution < 1.29 is 9.66 Å². The average molecular weight is 455 g/mol. The third-order valence-electron chi connectivity index (χ3n) is 6.61. The van der Waals surface area contributed by atoms with Crippen LogP contribution < -0.4 is 10.5 Å². The molecule has 2 aromatic rings. The van der Waals surface area contributed by atoms with Crippen molar-refractivity contribution in [2.45, 2.75) is 31.7 Å². The zero-order valence-electron chi connectivity index (χ0n) is 18.4. The molecule has 2 aliphatic rings. The number of aromatic nitrogens is 2. The number of benzene rings is 1. The molecule has 10 nitrogen and oxygen atoms in total. The summed E-state index contributed by atoms with van der Waals surface area (Å²) >= 11 is 0. The van der Waals surface area contributed by atoms with Crippen LogP contribution in [0.25, 0.3) is 0 Å². The standard InChI is InChI=1S/C24H21N7O3/c1-34-20-7-6-15(8-16(20)10-30-11-21(29-14-30)31(32)33)22-17-4-2-3-5-18(17)23(28)19(9-25)24(22,12-26)13-27/h5-8,11,14,17,22H,2-4,10,28H2,1H3. The molecule has 0 saturated heterocycles. The first-order valence-corrected chi connectivity index (χ1v) is 10.7. The maximum Gasteiger partial charge on any atom is 0.381 e. The number of methoxy groups -OCH3 is 1. The molecule has 0 amide bonds. The third-order valence-corrected chi connectivity index (χ3v) is 6.61. The Hall–Kier alpha value is -4.62. The topological polar surface area (TPSA) is 168 Å². The average Bonchev–Trinajstić information content (AvgIpc) is 3.32.